The standard InChI is InChI=1S/C16H23BrN2O2/c1-16(2)9-7-13(8-10-16)18(3)11-12-5-4-6-14(15(12)17)19(20)21/h4-6,13H,7-11H2,1-3H3. The Labute approximate surface area is 134 Å². The molecule has 0 saturated heterocycles. The van der Waals surface area contributed by atoms with Gasteiger partial charge in [0.15, 0.2) is 0 Å². The summed E-state index contributed by atoms with van der Waals surface area (Å²) in [5.41, 5.74) is 1.59. The van der Waals surface area contributed by atoms with Crippen LogP contribution in [0.3, 0.4) is 0 Å². The molecule has 1 aliphatic carbocycles. The van der Waals surface area contributed by atoms with Gasteiger partial charge in [0, 0.05) is 18.7 Å². The molecule has 4 nitrogen and oxygen atoms in total. The second-order valence-electron chi connectivity index (χ2n) is 6.82. The molecule has 0 amide bonds. The van der Waals surface area contributed by atoms with Gasteiger partial charge >= 0.3 is 0 Å². The van der Waals surface area contributed by atoms with E-state index in [0.717, 1.165) is 12.1 Å². The summed E-state index contributed by atoms with van der Waals surface area (Å²) in [5, 5.41) is 11.0. The fraction of sp³-hybridized carbons (Fsp3) is 0.625. The summed E-state index contributed by atoms with van der Waals surface area (Å²) in [6, 6.07) is 5.83. The van der Waals surface area contributed by atoms with Gasteiger partial charge < -0.3 is 0 Å². The van der Waals surface area contributed by atoms with Crippen molar-refractivity contribution in [3.63, 3.8) is 0 Å². The highest BCUT2D eigenvalue weighted by molar-refractivity contribution is 9.10. The van der Waals surface area contributed by atoms with Crippen molar-refractivity contribution in [3.8, 4) is 0 Å². The fourth-order valence-corrected chi connectivity index (χ4v) is 3.59. The quantitative estimate of drug-likeness (QED) is 0.578. The van der Waals surface area contributed by atoms with Gasteiger partial charge in [-0.3, -0.25) is 15.0 Å². The van der Waals surface area contributed by atoms with E-state index in [1.54, 1.807) is 6.07 Å². The summed E-state index contributed by atoms with van der Waals surface area (Å²) >= 11 is 3.38. The minimum absolute atomic E-state index is 0.144. The summed E-state index contributed by atoms with van der Waals surface area (Å²) in [5.74, 6) is 0. The van der Waals surface area contributed by atoms with Crippen LogP contribution in [0, 0.1) is 15.5 Å². The van der Waals surface area contributed by atoms with E-state index in [1.165, 1.54) is 31.7 Å². The monoisotopic (exact) mass is 354 g/mol. The van der Waals surface area contributed by atoms with Crippen LogP contribution >= 0.6 is 15.9 Å². The molecule has 1 fully saturated rings. The third-order valence-electron chi connectivity index (χ3n) is 4.61. The lowest BCUT2D eigenvalue weighted by Crippen LogP contribution is -2.36. The summed E-state index contributed by atoms with van der Waals surface area (Å²) < 4.78 is 0.609. The van der Waals surface area contributed by atoms with Gasteiger partial charge in [-0.2, -0.15) is 0 Å². The molecule has 0 N–H and O–H groups in total. The van der Waals surface area contributed by atoms with Crippen LogP contribution in [0.5, 0.6) is 0 Å². The highest BCUT2D eigenvalue weighted by atomic mass is 79.9. The van der Waals surface area contributed by atoms with E-state index < -0.39 is 0 Å². The molecule has 2 rings (SSSR count). The molecule has 0 bridgehead atoms. The van der Waals surface area contributed by atoms with E-state index in [1.807, 2.05) is 6.07 Å². The van der Waals surface area contributed by atoms with Crippen LogP contribution in [0.1, 0.15) is 45.1 Å². The van der Waals surface area contributed by atoms with Crippen LogP contribution in [0.25, 0.3) is 0 Å². The van der Waals surface area contributed by atoms with Gasteiger partial charge in [-0.1, -0.05) is 26.0 Å². The molecule has 5 heteroatoms. The van der Waals surface area contributed by atoms with Crippen LogP contribution in [-0.4, -0.2) is 22.9 Å². The second kappa shape index (κ2) is 6.44. The molecule has 1 aliphatic rings. The first kappa shape index (κ1) is 16.4. The van der Waals surface area contributed by atoms with E-state index in [-0.39, 0.29) is 10.6 Å². The van der Waals surface area contributed by atoms with E-state index in [9.17, 15) is 10.1 Å². The third kappa shape index (κ3) is 4.04. The van der Waals surface area contributed by atoms with Gasteiger partial charge in [-0.15, -0.1) is 0 Å². The largest absolute Gasteiger partial charge is 0.299 e. The normalized spacial score (nSPS) is 18.9. The molecule has 116 valence electrons. The second-order valence-corrected chi connectivity index (χ2v) is 7.61. The first-order valence-corrected chi connectivity index (χ1v) is 8.21. The topological polar surface area (TPSA) is 46.4 Å². The van der Waals surface area contributed by atoms with Crippen LogP contribution in [0.15, 0.2) is 22.7 Å². The van der Waals surface area contributed by atoms with Gasteiger partial charge in [-0.25, -0.2) is 0 Å². The van der Waals surface area contributed by atoms with Gasteiger partial charge in [0.25, 0.3) is 5.69 Å². The summed E-state index contributed by atoms with van der Waals surface area (Å²) in [6.07, 6.45) is 4.91. The molecule has 1 saturated carbocycles. The molecular formula is C16H23BrN2O2. The highest BCUT2D eigenvalue weighted by Crippen LogP contribution is 2.37. The highest BCUT2D eigenvalue weighted by Gasteiger charge is 2.29. The Morgan fingerprint density at radius 2 is 2.00 bits per heavy atom. The molecule has 0 radical (unpaired) electrons. The Bertz CT molecular complexity index is 521. The molecule has 0 aromatic heterocycles. The number of nitro benzene ring substituents is 1. The molecular weight excluding hydrogens is 332 g/mol. The van der Waals surface area contributed by atoms with Gasteiger partial charge in [0.1, 0.15) is 0 Å². The van der Waals surface area contributed by atoms with E-state index in [2.05, 4.69) is 41.7 Å². The Balaban J connectivity index is 2.05. The number of halogens is 1. The molecule has 0 unspecified atom stereocenters. The van der Waals surface area contributed by atoms with Crippen molar-refractivity contribution in [1.29, 1.82) is 0 Å². The summed E-state index contributed by atoms with van der Waals surface area (Å²) in [6.45, 7) is 5.41. The minimum Gasteiger partial charge on any atom is -0.299 e. The predicted octanol–water partition coefficient (Wildman–Crippen LogP) is 4.76. The fourth-order valence-electron chi connectivity index (χ4n) is 3.05. The zero-order valence-corrected chi connectivity index (χ0v) is 14.5. The van der Waals surface area contributed by atoms with E-state index >= 15 is 0 Å². The maximum atomic E-state index is 11.0. The lowest BCUT2D eigenvalue weighted by Gasteiger charge is -2.38. The average Bonchev–Trinajstić information content (AvgIpc) is 2.40. The number of hydrogen-bond acceptors (Lipinski definition) is 3. The molecule has 1 aromatic carbocycles. The predicted molar refractivity (Wildman–Crippen MR) is 88.3 cm³/mol. The first-order valence-electron chi connectivity index (χ1n) is 7.42. The molecule has 0 heterocycles. The van der Waals surface area contributed by atoms with Crippen molar-refractivity contribution >= 4 is 21.6 Å². The zero-order chi connectivity index (χ0) is 15.6. The van der Waals surface area contributed by atoms with Crippen LogP contribution in [-0.2, 0) is 6.54 Å². The average molecular weight is 355 g/mol. The van der Waals surface area contributed by atoms with Crippen molar-refractivity contribution in [2.45, 2.75) is 52.1 Å². The number of hydrogen-bond donors (Lipinski definition) is 0. The Kier molecular flexibility index (Phi) is 5.04. The van der Waals surface area contributed by atoms with Gasteiger partial charge in [0.2, 0.25) is 0 Å². The maximum Gasteiger partial charge on any atom is 0.283 e. The van der Waals surface area contributed by atoms with Crippen LogP contribution in [0.4, 0.5) is 5.69 Å². The number of rotatable bonds is 4. The summed E-state index contributed by atoms with van der Waals surface area (Å²) in [7, 11) is 2.12. The Morgan fingerprint density at radius 3 is 2.57 bits per heavy atom. The minimum atomic E-state index is -0.337. The number of benzene rings is 1. The van der Waals surface area contributed by atoms with Crippen molar-refractivity contribution in [2.24, 2.45) is 5.41 Å². The zero-order valence-electron chi connectivity index (χ0n) is 12.9. The molecule has 0 atom stereocenters. The third-order valence-corrected chi connectivity index (χ3v) is 5.52. The van der Waals surface area contributed by atoms with Crippen molar-refractivity contribution in [1.82, 2.24) is 4.90 Å². The maximum absolute atomic E-state index is 11.0. The lowest BCUT2D eigenvalue weighted by atomic mass is 9.75. The van der Waals surface area contributed by atoms with Crippen molar-refractivity contribution in [3.05, 3.63) is 38.3 Å². The molecule has 0 spiro atoms. The number of nitrogens with zero attached hydrogens (tertiary/aromatic N) is 2. The van der Waals surface area contributed by atoms with Crippen LogP contribution in [0.2, 0.25) is 0 Å². The molecule has 21 heavy (non-hydrogen) atoms. The van der Waals surface area contributed by atoms with Gasteiger partial charge in [0.05, 0.1) is 9.40 Å². The Morgan fingerprint density at radius 1 is 1.38 bits per heavy atom. The lowest BCUT2D eigenvalue weighted by molar-refractivity contribution is -0.385. The van der Waals surface area contributed by atoms with Crippen molar-refractivity contribution in [2.75, 3.05) is 7.05 Å². The first-order chi connectivity index (χ1) is 9.80. The SMILES string of the molecule is CN(Cc1cccc([N+](=O)[O-])c1Br)C1CCC(C)(C)CC1. The van der Waals surface area contributed by atoms with Crippen LogP contribution < -0.4 is 0 Å². The molecule has 0 aliphatic heterocycles. The molecule has 1 aromatic rings. The van der Waals surface area contributed by atoms with E-state index in [0.29, 0.717) is 15.9 Å². The van der Waals surface area contributed by atoms with Crippen molar-refractivity contribution < 1.29 is 4.92 Å². The van der Waals surface area contributed by atoms with E-state index in [4.69, 9.17) is 0 Å². The summed E-state index contributed by atoms with van der Waals surface area (Å²) in [4.78, 5) is 13.0. The smallest absolute Gasteiger partial charge is 0.283 e. The number of nitro groups is 1. The Hall–Kier alpha value is -0.940. The van der Waals surface area contributed by atoms with Gasteiger partial charge in [-0.05, 0) is 59.6 Å².